The predicted molar refractivity (Wildman–Crippen MR) is 91.3 cm³/mol. The zero-order valence-corrected chi connectivity index (χ0v) is 14.3. The van der Waals surface area contributed by atoms with E-state index in [1.807, 2.05) is 19.2 Å². The number of carbonyl (C=O) groups is 1. The van der Waals surface area contributed by atoms with Gasteiger partial charge in [0.1, 0.15) is 10.8 Å². The molecule has 0 aliphatic heterocycles. The van der Waals surface area contributed by atoms with Crippen molar-refractivity contribution in [1.29, 1.82) is 0 Å². The summed E-state index contributed by atoms with van der Waals surface area (Å²) in [4.78, 5) is 18.1. The maximum Gasteiger partial charge on any atom is 0.316 e. The first kappa shape index (κ1) is 15.6. The molecule has 126 valence electrons. The summed E-state index contributed by atoms with van der Waals surface area (Å²) in [5.74, 6) is 0.203. The molecule has 4 nitrogen and oxygen atoms in total. The number of benzene rings is 1. The molecule has 24 heavy (non-hydrogen) atoms. The predicted octanol–water partition coefficient (Wildman–Crippen LogP) is 4.03. The molecule has 4 rings (SSSR count). The van der Waals surface area contributed by atoms with Crippen LogP contribution in [0.1, 0.15) is 47.2 Å². The number of thiazole rings is 1. The van der Waals surface area contributed by atoms with Gasteiger partial charge in [-0.3, -0.25) is 0 Å². The Bertz CT molecular complexity index is 767. The minimum Gasteiger partial charge on any atom is -0.329 e. The zero-order valence-electron chi connectivity index (χ0n) is 13.5. The van der Waals surface area contributed by atoms with Crippen molar-refractivity contribution in [2.45, 2.75) is 44.2 Å². The highest BCUT2D eigenvalue weighted by molar-refractivity contribution is 7.11. The summed E-state index contributed by atoms with van der Waals surface area (Å²) < 4.78 is 14.1. The van der Waals surface area contributed by atoms with Crippen LogP contribution in [-0.2, 0) is 5.54 Å². The van der Waals surface area contributed by atoms with Crippen LogP contribution in [0.5, 0.6) is 0 Å². The van der Waals surface area contributed by atoms with Crippen LogP contribution in [0.2, 0.25) is 0 Å². The summed E-state index contributed by atoms with van der Waals surface area (Å²) in [6.07, 6.45) is 5.61. The topological polar surface area (TPSA) is 54.0 Å². The number of aromatic nitrogens is 1. The first-order chi connectivity index (χ1) is 11.6. The van der Waals surface area contributed by atoms with Crippen LogP contribution in [0.4, 0.5) is 9.18 Å². The Kier molecular flexibility index (Phi) is 3.79. The van der Waals surface area contributed by atoms with Crippen molar-refractivity contribution >= 4 is 17.4 Å². The number of nitrogens with one attached hydrogen (secondary N) is 2. The molecule has 2 aliphatic rings. The number of aryl methyl sites for hydroxylation is 1. The van der Waals surface area contributed by atoms with Crippen LogP contribution in [-0.4, -0.2) is 11.0 Å². The van der Waals surface area contributed by atoms with Crippen molar-refractivity contribution in [2.75, 3.05) is 0 Å². The van der Waals surface area contributed by atoms with Gasteiger partial charge < -0.3 is 10.6 Å². The third kappa shape index (κ3) is 3.02. The van der Waals surface area contributed by atoms with Crippen molar-refractivity contribution < 1.29 is 9.18 Å². The van der Waals surface area contributed by atoms with Gasteiger partial charge in [0.15, 0.2) is 0 Å². The molecule has 2 aliphatic carbocycles. The van der Waals surface area contributed by atoms with Gasteiger partial charge in [0, 0.05) is 16.6 Å². The number of amides is 2. The Morgan fingerprint density at radius 2 is 2.12 bits per heavy atom. The Balaban J connectivity index is 1.47. The van der Waals surface area contributed by atoms with Gasteiger partial charge in [0.25, 0.3) is 0 Å². The highest BCUT2D eigenvalue weighted by atomic mass is 32.1. The van der Waals surface area contributed by atoms with Gasteiger partial charge in [0.2, 0.25) is 0 Å². The van der Waals surface area contributed by atoms with Crippen LogP contribution in [0.3, 0.4) is 0 Å². The summed E-state index contributed by atoms with van der Waals surface area (Å²) in [6.45, 7) is 2.02. The lowest BCUT2D eigenvalue weighted by Crippen LogP contribution is -2.44. The lowest BCUT2D eigenvalue weighted by molar-refractivity contribution is 0.230. The summed E-state index contributed by atoms with van der Waals surface area (Å²) >= 11 is 1.62. The van der Waals surface area contributed by atoms with E-state index < -0.39 is 5.54 Å². The zero-order chi connectivity index (χ0) is 16.7. The number of rotatable bonds is 5. The average molecular weight is 345 g/mol. The van der Waals surface area contributed by atoms with Gasteiger partial charge in [-0.25, -0.2) is 14.2 Å². The molecule has 0 spiro atoms. The molecule has 2 amide bonds. The average Bonchev–Trinajstić information content (AvgIpc) is 3.46. The fourth-order valence-corrected chi connectivity index (χ4v) is 4.08. The van der Waals surface area contributed by atoms with Crippen molar-refractivity contribution in [3.05, 3.63) is 51.7 Å². The minimum absolute atomic E-state index is 0.0416. The third-order valence-corrected chi connectivity index (χ3v) is 5.77. The molecule has 1 heterocycles. The molecule has 2 saturated carbocycles. The van der Waals surface area contributed by atoms with E-state index >= 15 is 0 Å². The van der Waals surface area contributed by atoms with E-state index in [0.717, 1.165) is 35.6 Å². The highest BCUT2D eigenvalue weighted by Gasteiger charge is 2.48. The maximum atomic E-state index is 14.1. The van der Waals surface area contributed by atoms with E-state index in [1.54, 1.807) is 23.5 Å². The quantitative estimate of drug-likeness (QED) is 0.859. The van der Waals surface area contributed by atoms with Crippen LogP contribution in [0.15, 0.2) is 30.5 Å². The van der Waals surface area contributed by atoms with E-state index in [4.69, 9.17) is 0 Å². The van der Waals surface area contributed by atoms with E-state index in [1.165, 1.54) is 6.07 Å². The second-order valence-corrected chi connectivity index (χ2v) is 8.05. The Hall–Kier alpha value is -1.95. The Labute approximate surface area is 144 Å². The number of halogens is 1. The molecular weight excluding hydrogens is 325 g/mol. The summed E-state index contributed by atoms with van der Waals surface area (Å²) in [6, 6.07) is 6.40. The Morgan fingerprint density at radius 3 is 2.71 bits per heavy atom. The van der Waals surface area contributed by atoms with Gasteiger partial charge >= 0.3 is 6.03 Å². The van der Waals surface area contributed by atoms with E-state index in [0.29, 0.717) is 11.5 Å². The number of carbonyl (C=O) groups excluding carboxylic acids is 1. The fourth-order valence-electron chi connectivity index (χ4n) is 3.16. The minimum atomic E-state index is -0.553. The van der Waals surface area contributed by atoms with Gasteiger partial charge in [-0.05, 0) is 44.6 Å². The SMILES string of the molecule is Cc1cnc(C(NC(=O)NC2(c3ccccc3F)CC2)C2CC2)s1. The van der Waals surface area contributed by atoms with E-state index in [9.17, 15) is 9.18 Å². The fraction of sp³-hybridized carbons (Fsp3) is 0.444. The van der Waals surface area contributed by atoms with Gasteiger partial charge in [0.05, 0.1) is 11.6 Å². The first-order valence-corrected chi connectivity index (χ1v) is 9.15. The molecule has 0 saturated heterocycles. The highest BCUT2D eigenvalue weighted by Crippen LogP contribution is 2.47. The molecule has 0 bridgehead atoms. The van der Waals surface area contributed by atoms with E-state index in [-0.39, 0.29) is 17.9 Å². The molecule has 2 aromatic rings. The second-order valence-electron chi connectivity index (χ2n) is 6.78. The lowest BCUT2D eigenvalue weighted by atomic mass is 10.0. The molecule has 1 unspecified atom stereocenters. The Morgan fingerprint density at radius 1 is 1.38 bits per heavy atom. The maximum absolute atomic E-state index is 14.1. The van der Waals surface area contributed by atoms with Crippen LogP contribution < -0.4 is 10.6 Å². The van der Waals surface area contributed by atoms with Crippen LogP contribution >= 0.6 is 11.3 Å². The molecule has 1 aromatic heterocycles. The van der Waals surface area contributed by atoms with Crippen molar-refractivity contribution in [1.82, 2.24) is 15.6 Å². The molecule has 0 radical (unpaired) electrons. The molecular formula is C18H20FN3OS. The third-order valence-electron chi connectivity index (χ3n) is 4.78. The van der Waals surface area contributed by atoms with Gasteiger partial charge in [-0.2, -0.15) is 0 Å². The lowest BCUT2D eigenvalue weighted by Gasteiger charge is -2.22. The number of nitrogens with zero attached hydrogens (tertiary/aromatic N) is 1. The van der Waals surface area contributed by atoms with Crippen molar-refractivity contribution in [2.24, 2.45) is 5.92 Å². The van der Waals surface area contributed by atoms with Gasteiger partial charge in [-0.15, -0.1) is 11.3 Å². The first-order valence-electron chi connectivity index (χ1n) is 8.33. The van der Waals surface area contributed by atoms with Crippen molar-refractivity contribution in [3.63, 3.8) is 0 Å². The smallest absolute Gasteiger partial charge is 0.316 e. The molecule has 1 atom stereocenters. The molecule has 1 aromatic carbocycles. The number of urea groups is 1. The molecule has 2 fully saturated rings. The molecule has 6 heteroatoms. The summed E-state index contributed by atoms with van der Waals surface area (Å²) in [5.41, 5.74) is 0.0238. The normalized spacial score (nSPS) is 19.6. The number of hydrogen-bond acceptors (Lipinski definition) is 3. The molecule has 2 N–H and O–H groups in total. The van der Waals surface area contributed by atoms with Crippen molar-refractivity contribution in [3.8, 4) is 0 Å². The number of hydrogen-bond donors (Lipinski definition) is 2. The monoisotopic (exact) mass is 345 g/mol. The van der Waals surface area contributed by atoms with E-state index in [2.05, 4.69) is 15.6 Å². The summed E-state index contributed by atoms with van der Waals surface area (Å²) in [5, 5.41) is 7.03. The second kappa shape index (κ2) is 5.84. The standard InChI is InChI=1S/C18H20FN3OS/c1-11-10-20-16(24-11)15(12-6-7-12)21-17(23)22-18(8-9-18)13-4-2-3-5-14(13)19/h2-5,10,12,15H,6-9H2,1H3,(H2,21,22,23). The van der Waals surface area contributed by atoms with Crippen LogP contribution in [0, 0.1) is 18.7 Å². The summed E-state index contributed by atoms with van der Waals surface area (Å²) in [7, 11) is 0. The largest absolute Gasteiger partial charge is 0.329 e. The van der Waals surface area contributed by atoms with Crippen LogP contribution in [0.25, 0.3) is 0 Å². The van der Waals surface area contributed by atoms with Gasteiger partial charge in [-0.1, -0.05) is 18.2 Å².